The Morgan fingerprint density at radius 2 is 2.27 bits per heavy atom. The zero-order valence-corrected chi connectivity index (χ0v) is 8.67. The van der Waals surface area contributed by atoms with Gasteiger partial charge in [0.05, 0.1) is 11.9 Å². The van der Waals surface area contributed by atoms with Gasteiger partial charge in [-0.3, -0.25) is 5.10 Å². The minimum absolute atomic E-state index is 0.975. The van der Waals surface area contributed by atoms with Crippen molar-refractivity contribution in [1.82, 2.24) is 10.2 Å². The van der Waals surface area contributed by atoms with Crippen LogP contribution in [0.2, 0.25) is 0 Å². The summed E-state index contributed by atoms with van der Waals surface area (Å²) in [5, 5.41) is 10.6. The molecule has 0 radical (unpaired) electrons. The van der Waals surface area contributed by atoms with E-state index in [2.05, 4.69) is 40.6 Å². The van der Waals surface area contributed by atoms with E-state index < -0.39 is 0 Å². The molecule has 0 fully saturated rings. The summed E-state index contributed by atoms with van der Waals surface area (Å²) >= 11 is 0. The number of anilines is 1. The van der Waals surface area contributed by atoms with E-state index in [9.17, 15) is 0 Å². The summed E-state index contributed by atoms with van der Waals surface area (Å²) in [4.78, 5) is 0. The molecular formula is C12H13N3. The van der Waals surface area contributed by atoms with Gasteiger partial charge in [0, 0.05) is 17.8 Å². The van der Waals surface area contributed by atoms with E-state index in [1.807, 2.05) is 6.20 Å². The molecule has 0 aliphatic carbocycles. The number of hydrogen-bond donors (Lipinski definition) is 2. The number of aryl methyl sites for hydroxylation is 1. The Bertz CT molecular complexity index is 499. The zero-order chi connectivity index (χ0) is 10.3. The lowest BCUT2D eigenvalue weighted by Gasteiger charge is -2.08. The monoisotopic (exact) mass is 199 g/mol. The number of fused-ring (bicyclic) bond motifs is 3. The van der Waals surface area contributed by atoms with E-state index in [4.69, 9.17) is 0 Å². The van der Waals surface area contributed by atoms with Crippen molar-refractivity contribution in [2.45, 2.75) is 13.3 Å². The average molecular weight is 199 g/mol. The molecule has 1 aromatic carbocycles. The second-order valence-electron chi connectivity index (χ2n) is 4.00. The normalized spacial score (nSPS) is 13.7. The van der Waals surface area contributed by atoms with Crippen molar-refractivity contribution in [2.24, 2.45) is 0 Å². The summed E-state index contributed by atoms with van der Waals surface area (Å²) < 4.78 is 0. The fourth-order valence-corrected chi connectivity index (χ4v) is 2.09. The third kappa shape index (κ3) is 1.31. The summed E-state index contributed by atoms with van der Waals surface area (Å²) in [5.41, 5.74) is 6.17. The van der Waals surface area contributed by atoms with E-state index in [1.165, 1.54) is 22.4 Å². The van der Waals surface area contributed by atoms with Gasteiger partial charge >= 0.3 is 0 Å². The van der Waals surface area contributed by atoms with Gasteiger partial charge in [-0.05, 0) is 30.5 Å². The van der Waals surface area contributed by atoms with Crippen LogP contribution in [0.15, 0.2) is 24.4 Å². The van der Waals surface area contributed by atoms with Crippen molar-refractivity contribution in [1.29, 1.82) is 0 Å². The predicted octanol–water partition coefficient (Wildman–Crippen LogP) is 2.35. The second-order valence-corrected chi connectivity index (χ2v) is 4.00. The van der Waals surface area contributed by atoms with Crippen LogP contribution in [0.1, 0.15) is 11.1 Å². The largest absolute Gasteiger partial charge is 0.384 e. The van der Waals surface area contributed by atoms with Crippen molar-refractivity contribution in [3.05, 3.63) is 35.5 Å². The van der Waals surface area contributed by atoms with Gasteiger partial charge in [-0.15, -0.1) is 0 Å². The number of nitrogens with zero attached hydrogens (tertiary/aromatic N) is 1. The molecule has 0 saturated carbocycles. The van der Waals surface area contributed by atoms with E-state index in [1.54, 1.807) is 0 Å². The molecule has 0 amide bonds. The molecule has 0 atom stereocenters. The number of H-pyrrole nitrogens is 1. The Morgan fingerprint density at radius 3 is 3.20 bits per heavy atom. The average Bonchev–Trinajstić information content (AvgIpc) is 2.61. The van der Waals surface area contributed by atoms with Gasteiger partial charge in [0.15, 0.2) is 0 Å². The van der Waals surface area contributed by atoms with Crippen LogP contribution in [-0.4, -0.2) is 16.7 Å². The van der Waals surface area contributed by atoms with Gasteiger partial charge in [0.25, 0.3) is 0 Å². The van der Waals surface area contributed by atoms with Crippen LogP contribution in [0.25, 0.3) is 11.3 Å². The SMILES string of the molecule is Cc1ccc2c(c1)NCCc1cn[nH]c1-2. The molecule has 1 aliphatic rings. The smallest absolute Gasteiger partial charge is 0.0703 e. The predicted molar refractivity (Wildman–Crippen MR) is 61.0 cm³/mol. The fraction of sp³-hybridized carbons (Fsp3) is 0.250. The second kappa shape index (κ2) is 3.12. The third-order valence-electron chi connectivity index (χ3n) is 2.87. The summed E-state index contributed by atoms with van der Waals surface area (Å²) in [6.45, 7) is 3.09. The highest BCUT2D eigenvalue weighted by atomic mass is 15.1. The summed E-state index contributed by atoms with van der Waals surface area (Å²) in [5.74, 6) is 0. The Balaban J connectivity index is 2.25. The lowest BCUT2D eigenvalue weighted by molar-refractivity contribution is 1.03. The lowest BCUT2D eigenvalue weighted by Crippen LogP contribution is -2.02. The molecule has 1 aromatic heterocycles. The molecule has 15 heavy (non-hydrogen) atoms. The molecule has 3 heteroatoms. The fourth-order valence-electron chi connectivity index (χ4n) is 2.09. The van der Waals surface area contributed by atoms with E-state index in [0.29, 0.717) is 0 Å². The van der Waals surface area contributed by atoms with E-state index >= 15 is 0 Å². The lowest BCUT2D eigenvalue weighted by atomic mass is 10.0. The Hall–Kier alpha value is -1.77. The molecule has 1 aliphatic heterocycles. The molecule has 2 aromatic rings. The van der Waals surface area contributed by atoms with Gasteiger partial charge in [-0.1, -0.05) is 12.1 Å². The summed E-state index contributed by atoms with van der Waals surface area (Å²) in [6.07, 6.45) is 2.95. The molecule has 3 rings (SSSR count). The molecule has 0 unspecified atom stereocenters. The number of aromatic nitrogens is 2. The van der Waals surface area contributed by atoms with Crippen molar-refractivity contribution in [3.8, 4) is 11.3 Å². The quantitative estimate of drug-likeness (QED) is 0.683. The molecule has 0 bridgehead atoms. The number of hydrogen-bond acceptors (Lipinski definition) is 2. The Morgan fingerprint density at radius 1 is 1.33 bits per heavy atom. The first kappa shape index (κ1) is 8.53. The standard InChI is InChI=1S/C12H13N3/c1-8-2-3-10-11(6-8)13-5-4-9-7-14-15-12(9)10/h2-3,6-7,13H,4-5H2,1H3,(H,14,15). The maximum absolute atomic E-state index is 4.11. The molecule has 0 spiro atoms. The van der Waals surface area contributed by atoms with Crippen LogP contribution < -0.4 is 5.32 Å². The molecule has 0 saturated heterocycles. The van der Waals surface area contributed by atoms with E-state index in [-0.39, 0.29) is 0 Å². The first-order valence-electron chi connectivity index (χ1n) is 5.22. The number of rotatable bonds is 0. The Kier molecular flexibility index (Phi) is 1.78. The van der Waals surface area contributed by atoms with Crippen molar-refractivity contribution < 1.29 is 0 Å². The maximum atomic E-state index is 4.11. The van der Waals surface area contributed by atoms with Crippen molar-refractivity contribution in [3.63, 3.8) is 0 Å². The highest BCUT2D eigenvalue weighted by molar-refractivity contribution is 5.79. The van der Waals surface area contributed by atoms with Gasteiger partial charge in [-0.2, -0.15) is 5.10 Å². The molecule has 3 nitrogen and oxygen atoms in total. The van der Waals surface area contributed by atoms with Crippen LogP contribution >= 0.6 is 0 Å². The van der Waals surface area contributed by atoms with Gasteiger partial charge in [-0.25, -0.2) is 0 Å². The van der Waals surface area contributed by atoms with Crippen LogP contribution in [0.3, 0.4) is 0 Å². The van der Waals surface area contributed by atoms with Crippen LogP contribution in [0, 0.1) is 6.92 Å². The van der Waals surface area contributed by atoms with Gasteiger partial charge < -0.3 is 5.32 Å². The van der Waals surface area contributed by atoms with Crippen molar-refractivity contribution in [2.75, 3.05) is 11.9 Å². The van der Waals surface area contributed by atoms with Crippen LogP contribution in [0.4, 0.5) is 5.69 Å². The van der Waals surface area contributed by atoms with Crippen LogP contribution in [-0.2, 0) is 6.42 Å². The summed E-state index contributed by atoms with van der Waals surface area (Å²) in [7, 11) is 0. The maximum Gasteiger partial charge on any atom is 0.0703 e. The Labute approximate surface area is 88.5 Å². The number of aromatic amines is 1. The van der Waals surface area contributed by atoms with Gasteiger partial charge in [0.2, 0.25) is 0 Å². The topological polar surface area (TPSA) is 40.7 Å². The highest BCUT2D eigenvalue weighted by Gasteiger charge is 2.15. The van der Waals surface area contributed by atoms with Gasteiger partial charge in [0.1, 0.15) is 0 Å². The number of nitrogens with one attached hydrogen (secondary N) is 2. The molecule has 76 valence electrons. The first-order valence-corrected chi connectivity index (χ1v) is 5.22. The molecule has 2 N–H and O–H groups in total. The summed E-state index contributed by atoms with van der Waals surface area (Å²) in [6, 6.07) is 6.47. The minimum Gasteiger partial charge on any atom is -0.384 e. The molecule has 2 heterocycles. The highest BCUT2D eigenvalue weighted by Crippen LogP contribution is 2.32. The number of benzene rings is 1. The first-order chi connectivity index (χ1) is 7.34. The molecular weight excluding hydrogens is 186 g/mol. The van der Waals surface area contributed by atoms with Crippen molar-refractivity contribution >= 4 is 5.69 Å². The van der Waals surface area contributed by atoms with Crippen LogP contribution in [0.5, 0.6) is 0 Å². The zero-order valence-electron chi connectivity index (χ0n) is 8.67. The third-order valence-corrected chi connectivity index (χ3v) is 2.87. The van der Waals surface area contributed by atoms with E-state index in [0.717, 1.165) is 18.7 Å². The minimum atomic E-state index is 0.975.